The average Bonchev–Trinajstić information content (AvgIpc) is 3.00. The number of amides is 1. The van der Waals surface area contributed by atoms with Crippen molar-refractivity contribution in [1.29, 1.82) is 0 Å². The van der Waals surface area contributed by atoms with Crippen LogP contribution in [0.2, 0.25) is 0 Å². The molecule has 2 saturated heterocycles. The summed E-state index contributed by atoms with van der Waals surface area (Å²) in [6, 6.07) is 4.09. The molecule has 1 unspecified atom stereocenters. The Kier molecular flexibility index (Phi) is 10.5. The molecule has 184 valence electrons. The molecule has 1 atom stereocenters. The van der Waals surface area contributed by atoms with Crippen LogP contribution in [0.3, 0.4) is 0 Å². The Labute approximate surface area is 194 Å². The van der Waals surface area contributed by atoms with Crippen LogP contribution in [0, 0.1) is 5.41 Å². The van der Waals surface area contributed by atoms with E-state index in [-0.39, 0.29) is 29.9 Å². The molecule has 0 aromatic carbocycles. The smallest absolute Gasteiger partial charge is 0.290 e. The second-order valence-electron chi connectivity index (χ2n) is 8.73. The minimum absolute atomic E-state index is 0.0000992. The number of methoxy groups -OCH3 is 1. The van der Waals surface area contributed by atoms with E-state index in [2.05, 4.69) is 20.9 Å². The number of carbonyl (C=O) groups excluding carboxylic acids is 1. The normalized spacial score (nSPS) is 23.5. The zero-order valence-corrected chi connectivity index (χ0v) is 19.2. The van der Waals surface area contributed by atoms with Gasteiger partial charge in [-0.15, -0.1) is 0 Å². The molecular formula is C23H35N3O7. The second kappa shape index (κ2) is 13.1. The number of piperidine rings is 1. The van der Waals surface area contributed by atoms with Crippen LogP contribution in [0.1, 0.15) is 38.5 Å². The van der Waals surface area contributed by atoms with Crippen molar-refractivity contribution in [2.24, 2.45) is 5.41 Å². The lowest BCUT2D eigenvalue weighted by Crippen LogP contribution is -2.54. The van der Waals surface area contributed by atoms with Crippen molar-refractivity contribution in [2.75, 3.05) is 51.4 Å². The van der Waals surface area contributed by atoms with Crippen molar-refractivity contribution in [2.45, 2.75) is 44.1 Å². The number of likely N-dealkylation sites (tertiary alicyclic amines) is 1. The number of anilines is 1. The van der Waals surface area contributed by atoms with Gasteiger partial charge in [-0.25, -0.2) is 0 Å². The van der Waals surface area contributed by atoms with E-state index in [1.165, 1.54) is 6.42 Å². The van der Waals surface area contributed by atoms with Crippen LogP contribution < -0.4 is 4.90 Å². The lowest BCUT2D eigenvalue weighted by atomic mass is 9.76. The molecule has 2 aliphatic heterocycles. The lowest BCUT2D eigenvalue weighted by Gasteiger charge is -2.46. The van der Waals surface area contributed by atoms with E-state index in [4.69, 9.17) is 29.3 Å². The summed E-state index contributed by atoms with van der Waals surface area (Å²) in [6.45, 7) is 4.36. The number of carboxylic acid groups (broad SMARTS) is 2. The fourth-order valence-electron chi connectivity index (χ4n) is 4.83. The third kappa shape index (κ3) is 7.40. The summed E-state index contributed by atoms with van der Waals surface area (Å²) in [4.78, 5) is 38.4. The van der Waals surface area contributed by atoms with Crippen LogP contribution in [0.15, 0.2) is 24.5 Å². The molecule has 3 aliphatic rings. The molecule has 1 saturated carbocycles. The van der Waals surface area contributed by atoms with Crippen molar-refractivity contribution in [1.82, 2.24) is 9.88 Å². The second-order valence-corrected chi connectivity index (χ2v) is 8.73. The van der Waals surface area contributed by atoms with Crippen LogP contribution >= 0.6 is 0 Å². The van der Waals surface area contributed by atoms with Crippen LogP contribution in [-0.2, 0) is 23.9 Å². The monoisotopic (exact) mass is 465 g/mol. The Morgan fingerprint density at radius 3 is 2.48 bits per heavy atom. The molecule has 1 amide bonds. The fourth-order valence-corrected chi connectivity index (χ4v) is 4.83. The first kappa shape index (κ1) is 26.5. The van der Waals surface area contributed by atoms with Crippen molar-refractivity contribution in [3.63, 3.8) is 0 Å². The van der Waals surface area contributed by atoms with Crippen LogP contribution in [-0.4, -0.2) is 91.1 Å². The van der Waals surface area contributed by atoms with Crippen LogP contribution in [0.5, 0.6) is 0 Å². The number of carbonyl (C=O) groups is 3. The summed E-state index contributed by atoms with van der Waals surface area (Å²) < 4.78 is 11.7. The highest BCUT2D eigenvalue weighted by Gasteiger charge is 2.44. The highest BCUT2D eigenvalue weighted by molar-refractivity contribution is 5.77. The molecule has 1 aromatic rings. The molecule has 1 aliphatic carbocycles. The Hall–Kier alpha value is -2.72. The van der Waals surface area contributed by atoms with Gasteiger partial charge in [0.1, 0.15) is 0 Å². The third-order valence-electron chi connectivity index (χ3n) is 6.64. The maximum Gasteiger partial charge on any atom is 0.290 e. The summed E-state index contributed by atoms with van der Waals surface area (Å²) in [7, 11) is 1.75. The maximum absolute atomic E-state index is 13.0. The number of hydrogen-bond acceptors (Lipinski definition) is 7. The van der Waals surface area contributed by atoms with Gasteiger partial charge in [-0.2, -0.15) is 0 Å². The SMILES string of the molecule is COC1(CC(=O)N2CCCC3(COCCN(c4cccnc4)C3)C2)CCC1.O=CO.O=CO. The van der Waals surface area contributed by atoms with E-state index in [0.29, 0.717) is 6.42 Å². The Morgan fingerprint density at radius 2 is 1.91 bits per heavy atom. The number of hydrogen-bond donors (Lipinski definition) is 2. The number of ether oxygens (including phenoxy) is 2. The Bertz CT molecular complexity index is 733. The van der Waals surface area contributed by atoms with Crippen molar-refractivity contribution >= 4 is 24.5 Å². The molecule has 2 N–H and O–H groups in total. The number of aromatic nitrogens is 1. The van der Waals surface area contributed by atoms with Crippen molar-refractivity contribution in [3.8, 4) is 0 Å². The largest absolute Gasteiger partial charge is 0.483 e. The van der Waals surface area contributed by atoms with Gasteiger partial charge < -0.3 is 29.5 Å². The third-order valence-corrected chi connectivity index (χ3v) is 6.64. The van der Waals surface area contributed by atoms with E-state index in [1.54, 1.807) is 13.3 Å². The van der Waals surface area contributed by atoms with Crippen LogP contribution in [0.4, 0.5) is 5.69 Å². The summed E-state index contributed by atoms with van der Waals surface area (Å²) in [6.07, 6.45) is 9.56. The van der Waals surface area contributed by atoms with Gasteiger partial charge in [0.2, 0.25) is 5.91 Å². The summed E-state index contributed by atoms with van der Waals surface area (Å²) in [5.41, 5.74) is 0.933. The Morgan fingerprint density at radius 1 is 1.18 bits per heavy atom. The van der Waals surface area contributed by atoms with E-state index < -0.39 is 0 Å². The molecular weight excluding hydrogens is 430 g/mol. The molecule has 0 radical (unpaired) electrons. The van der Waals surface area contributed by atoms with Crippen molar-refractivity contribution < 1.29 is 34.1 Å². The molecule has 0 bridgehead atoms. The lowest BCUT2D eigenvalue weighted by molar-refractivity contribution is -0.148. The molecule has 1 aromatic heterocycles. The predicted molar refractivity (Wildman–Crippen MR) is 121 cm³/mol. The molecule has 10 heteroatoms. The zero-order chi connectivity index (χ0) is 24.2. The zero-order valence-electron chi connectivity index (χ0n) is 19.2. The van der Waals surface area contributed by atoms with E-state index in [0.717, 1.165) is 70.8 Å². The van der Waals surface area contributed by atoms with Gasteiger partial charge in [-0.05, 0) is 44.2 Å². The molecule has 10 nitrogen and oxygen atoms in total. The molecule has 3 heterocycles. The van der Waals surface area contributed by atoms with Gasteiger partial charge in [0.25, 0.3) is 12.9 Å². The number of rotatable bonds is 4. The minimum atomic E-state index is -0.250. The fraction of sp³-hybridized carbons (Fsp3) is 0.652. The van der Waals surface area contributed by atoms with Gasteiger partial charge in [0.05, 0.1) is 37.1 Å². The maximum atomic E-state index is 13.0. The van der Waals surface area contributed by atoms with Gasteiger partial charge in [0, 0.05) is 44.9 Å². The van der Waals surface area contributed by atoms with Gasteiger partial charge in [-0.1, -0.05) is 0 Å². The standard InChI is InChI=1S/C21H31N3O3.2CH2O2/c1-26-21(7-3-8-21)13-19(25)24-10-4-6-20(16-24)15-23(11-12-27-17-20)18-5-2-9-22-14-18;2*2-1-3/h2,5,9,14H,3-4,6-8,10-13,15-17H2,1H3;2*1H,(H,2,3). The average molecular weight is 466 g/mol. The molecule has 4 rings (SSSR count). The highest BCUT2D eigenvalue weighted by atomic mass is 16.5. The first-order valence-corrected chi connectivity index (χ1v) is 11.2. The summed E-state index contributed by atoms with van der Waals surface area (Å²) in [5, 5.41) is 13.8. The molecule has 33 heavy (non-hydrogen) atoms. The predicted octanol–water partition coefficient (Wildman–Crippen LogP) is 1.89. The molecule has 1 spiro atoms. The first-order valence-electron chi connectivity index (χ1n) is 11.2. The molecule has 3 fully saturated rings. The van der Waals surface area contributed by atoms with E-state index >= 15 is 0 Å². The van der Waals surface area contributed by atoms with E-state index in [1.807, 2.05) is 12.3 Å². The van der Waals surface area contributed by atoms with Gasteiger partial charge >= 0.3 is 0 Å². The highest BCUT2D eigenvalue weighted by Crippen LogP contribution is 2.40. The number of pyridine rings is 1. The quantitative estimate of drug-likeness (QED) is 0.640. The van der Waals surface area contributed by atoms with Crippen LogP contribution in [0.25, 0.3) is 0 Å². The van der Waals surface area contributed by atoms with E-state index in [9.17, 15) is 4.79 Å². The van der Waals surface area contributed by atoms with Crippen molar-refractivity contribution in [3.05, 3.63) is 24.5 Å². The number of nitrogens with zero attached hydrogens (tertiary/aromatic N) is 3. The first-order chi connectivity index (χ1) is 16.0. The van der Waals surface area contributed by atoms with Gasteiger partial charge in [0.15, 0.2) is 0 Å². The van der Waals surface area contributed by atoms with Gasteiger partial charge in [-0.3, -0.25) is 19.4 Å². The topological polar surface area (TPSA) is 130 Å². The summed E-state index contributed by atoms with van der Waals surface area (Å²) >= 11 is 0. The minimum Gasteiger partial charge on any atom is -0.483 e. The summed E-state index contributed by atoms with van der Waals surface area (Å²) in [5.74, 6) is 0.243. The Balaban J connectivity index is 0.000000582.